The van der Waals surface area contributed by atoms with Gasteiger partial charge in [0, 0.05) is 17.0 Å². The van der Waals surface area contributed by atoms with E-state index in [4.69, 9.17) is 0 Å². The Morgan fingerprint density at radius 2 is 2.00 bits per heavy atom. The fourth-order valence-corrected chi connectivity index (χ4v) is 6.03. The van der Waals surface area contributed by atoms with Gasteiger partial charge in [0.25, 0.3) is 0 Å². The first-order valence-corrected chi connectivity index (χ1v) is 12.1. The zero-order valence-electron chi connectivity index (χ0n) is 18.6. The van der Waals surface area contributed by atoms with Gasteiger partial charge in [0.2, 0.25) is 0 Å². The summed E-state index contributed by atoms with van der Waals surface area (Å²) in [6.07, 6.45) is 7.11. The molecular formula is C24H33N5S. The molecule has 1 aromatic heterocycles. The summed E-state index contributed by atoms with van der Waals surface area (Å²) in [5.74, 6) is 1.97. The number of benzene rings is 1. The first-order valence-electron chi connectivity index (χ1n) is 11.0. The van der Waals surface area contributed by atoms with Gasteiger partial charge in [-0.25, -0.2) is 0 Å². The highest BCUT2D eigenvalue weighted by Gasteiger charge is 2.36. The standard InChI is InChI=1S/C24H33N5S/c1-16(2)21-12-11-20(13-15-30-21)23(28-14-7-10-19(28)5)24-25-26-27-29(24)22-17(3)8-6-9-18(22)4/h6,8-9,13,19,21,23H,1,7,10-12,14-15H2,2-5H3. The number of likely N-dealkylation sites (tertiary alicyclic amines) is 1. The van der Waals surface area contributed by atoms with Crippen LogP contribution in [0.1, 0.15) is 62.5 Å². The van der Waals surface area contributed by atoms with Crippen LogP contribution in [0.3, 0.4) is 0 Å². The molecule has 2 aliphatic heterocycles. The van der Waals surface area contributed by atoms with Gasteiger partial charge < -0.3 is 0 Å². The summed E-state index contributed by atoms with van der Waals surface area (Å²) in [6.45, 7) is 14.1. The van der Waals surface area contributed by atoms with Crippen LogP contribution in [-0.2, 0) is 0 Å². The highest BCUT2D eigenvalue weighted by atomic mass is 32.2. The number of hydrogen-bond acceptors (Lipinski definition) is 5. The van der Waals surface area contributed by atoms with E-state index in [2.05, 4.69) is 79.0 Å². The number of para-hydroxylation sites is 1. The molecule has 0 amide bonds. The topological polar surface area (TPSA) is 46.8 Å². The van der Waals surface area contributed by atoms with Crippen LogP contribution in [0.15, 0.2) is 42.0 Å². The molecule has 2 aliphatic rings. The molecule has 0 spiro atoms. The van der Waals surface area contributed by atoms with E-state index in [0.717, 1.165) is 36.7 Å². The molecule has 0 N–H and O–H groups in total. The molecule has 3 atom stereocenters. The van der Waals surface area contributed by atoms with Crippen LogP contribution in [0.4, 0.5) is 0 Å². The van der Waals surface area contributed by atoms with E-state index in [9.17, 15) is 0 Å². The maximum Gasteiger partial charge on any atom is 0.178 e. The molecule has 3 heterocycles. The average molecular weight is 424 g/mol. The molecule has 0 radical (unpaired) electrons. The van der Waals surface area contributed by atoms with Crippen molar-refractivity contribution in [3.63, 3.8) is 0 Å². The molecule has 3 unspecified atom stereocenters. The predicted octanol–water partition coefficient (Wildman–Crippen LogP) is 5.20. The van der Waals surface area contributed by atoms with Crippen molar-refractivity contribution >= 4 is 11.8 Å². The van der Waals surface area contributed by atoms with E-state index >= 15 is 0 Å². The molecule has 0 bridgehead atoms. The number of thioether (sulfide) groups is 1. The number of aryl methyl sites for hydroxylation is 2. The Bertz CT molecular complexity index is 927. The fourth-order valence-electron chi connectivity index (χ4n) is 4.92. The summed E-state index contributed by atoms with van der Waals surface area (Å²) in [5, 5.41) is 13.8. The monoisotopic (exact) mass is 423 g/mol. The van der Waals surface area contributed by atoms with Crippen LogP contribution < -0.4 is 0 Å². The SMILES string of the molecule is C=C(C)C1CCC(C(c2nnnn2-c2c(C)cccc2C)N2CCCC2C)=CCS1. The summed E-state index contributed by atoms with van der Waals surface area (Å²) >= 11 is 2.01. The first kappa shape index (κ1) is 21.3. The van der Waals surface area contributed by atoms with Gasteiger partial charge in [0.1, 0.15) is 0 Å². The second-order valence-electron chi connectivity index (χ2n) is 8.81. The molecule has 1 aromatic carbocycles. The van der Waals surface area contributed by atoms with Crippen LogP contribution in [0.5, 0.6) is 0 Å². The number of rotatable bonds is 5. The second kappa shape index (κ2) is 9.06. The van der Waals surface area contributed by atoms with Crippen LogP contribution >= 0.6 is 11.8 Å². The lowest BCUT2D eigenvalue weighted by atomic mass is 9.96. The molecule has 0 saturated carbocycles. The Hall–Kier alpha value is -1.92. The zero-order valence-corrected chi connectivity index (χ0v) is 19.5. The summed E-state index contributed by atoms with van der Waals surface area (Å²) in [6, 6.07) is 7.04. The third-order valence-corrected chi connectivity index (χ3v) is 7.96. The first-order chi connectivity index (χ1) is 14.5. The molecule has 30 heavy (non-hydrogen) atoms. The molecular weight excluding hydrogens is 390 g/mol. The van der Waals surface area contributed by atoms with Crippen LogP contribution in [0.2, 0.25) is 0 Å². The molecule has 1 saturated heterocycles. The summed E-state index contributed by atoms with van der Waals surface area (Å²) < 4.78 is 2.00. The Balaban J connectivity index is 1.77. The normalized spacial score (nSPS) is 23.8. The smallest absolute Gasteiger partial charge is 0.178 e. The van der Waals surface area contributed by atoms with E-state index < -0.39 is 0 Å². The highest BCUT2D eigenvalue weighted by molar-refractivity contribution is 8.00. The van der Waals surface area contributed by atoms with Gasteiger partial charge in [-0.15, -0.1) is 16.9 Å². The number of aromatic nitrogens is 4. The van der Waals surface area contributed by atoms with Crippen molar-refractivity contribution in [2.24, 2.45) is 0 Å². The lowest BCUT2D eigenvalue weighted by Crippen LogP contribution is -2.35. The maximum atomic E-state index is 4.61. The summed E-state index contributed by atoms with van der Waals surface area (Å²) in [4.78, 5) is 2.62. The van der Waals surface area contributed by atoms with E-state index in [1.54, 1.807) is 0 Å². The van der Waals surface area contributed by atoms with E-state index in [1.807, 2.05) is 16.4 Å². The van der Waals surface area contributed by atoms with Gasteiger partial charge in [0.15, 0.2) is 5.82 Å². The van der Waals surface area contributed by atoms with Crippen molar-refractivity contribution in [2.45, 2.75) is 70.7 Å². The van der Waals surface area contributed by atoms with Gasteiger partial charge in [-0.3, -0.25) is 4.90 Å². The fraction of sp³-hybridized carbons (Fsp3) is 0.542. The molecule has 2 aromatic rings. The average Bonchev–Trinajstić information content (AvgIpc) is 3.26. The quantitative estimate of drug-likeness (QED) is 0.618. The Kier molecular flexibility index (Phi) is 6.44. The molecule has 1 fully saturated rings. The Morgan fingerprint density at radius 3 is 2.67 bits per heavy atom. The van der Waals surface area contributed by atoms with Crippen molar-refractivity contribution in [3.8, 4) is 5.69 Å². The molecule has 6 heteroatoms. The molecule has 4 rings (SSSR count). The Morgan fingerprint density at radius 1 is 1.23 bits per heavy atom. The van der Waals surface area contributed by atoms with Crippen molar-refractivity contribution in [1.29, 1.82) is 0 Å². The van der Waals surface area contributed by atoms with E-state index in [0.29, 0.717) is 11.3 Å². The lowest BCUT2D eigenvalue weighted by molar-refractivity contribution is 0.203. The summed E-state index contributed by atoms with van der Waals surface area (Å²) in [7, 11) is 0. The largest absolute Gasteiger partial charge is 0.287 e. The lowest BCUT2D eigenvalue weighted by Gasteiger charge is -2.32. The van der Waals surface area contributed by atoms with Gasteiger partial charge in [-0.1, -0.05) is 36.4 Å². The maximum absolute atomic E-state index is 4.61. The highest BCUT2D eigenvalue weighted by Crippen LogP contribution is 2.40. The van der Waals surface area contributed by atoms with Crippen molar-refractivity contribution in [3.05, 3.63) is 59.0 Å². The molecule has 0 aliphatic carbocycles. The number of tetrazole rings is 1. The van der Waals surface area contributed by atoms with Gasteiger partial charge in [-0.05, 0) is 87.0 Å². The predicted molar refractivity (Wildman–Crippen MR) is 125 cm³/mol. The zero-order chi connectivity index (χ0) is 21.3. The number of hydrogen-bond donors (Lipinski definition) is 0. The van der Waals surface area contributed by atoms with Crippen LogP contribution in [0.25, 0.3) is 5.69 Å². The van der Waals surface area contributed by atoms with Crippen LogP contribution in [-0.4, -0.2) is 48.7 Å². The number of nitrogens with zero attached hydrogens (tertiary/aromatic N) is 5. The minimum absolute atomic E-state index is 0.126. The van der Waals surface area contributed by atoms with Crippen molar-refractivity contribution in [2.75, 3.05) is 12.3 Å². The Labute approximate surface area is 184 Å². The van der Waals surface area contributed by atoms with Gasteiger partial charge >= 0.3 is 0 Å². The minimum atomic E-state index is 0.126. The van der Waals surface area contributed by atoms with Gasteiger partial charge in [-0.2, -0.15) is 4.68 Å². The van der Waals surface area contributed by atoms with Gasteiger partial charge in [0.05, 0.1) is 11.7 Å². The summed E-state index contributed by atoms with van der Waals surface area (Å²) in [5.41, 5.74) is 6.25. The molecule has 160 valence electrons. The second-order valence-corrected chi connectivity index (χ2v) is 10.0. The third-order valence-electron chi connectivity index (χ3n) is 6.56. The van der Waals surface area contributed by atoms with Crippen molar-refractivity contribution in [1.82, 2.24) is 25.1 Å². The third kappa shape index (κ3) is 4.12. The van der Waals surface area contributed by atoms with E-state index in [-0.39, 0.29) is 6.04 Å². The van der Waals surface area contributed by atoms with Crippen LogP contribution in [0, 0.1) is 13.8 Å². The van der Waals surface area contributed by atoms with E-state index in [1.165, 1.54) is 35.1 Å². The molecule has 5 nitrogen and oxygen atoms in total. The van der Waals surface area contributed by atoms with Crippen molar-refractivity contribution < 1.29 is 0 Å². The minimum Gasteiger partial charge on any atom is -0.287 e.